The first-order chi connectivity index (χ1) is 15.8. The maximum Gasteiger partial charge on any atom is 0.242 e. The zero-order chi connectivity index (χ0) is 24.2. The largest absolute Gasteiger partial charge is 0.490 e. The minimum Gasteiger partial charge on any atom is -0.490 e. The monoisotopic (exact) mass is 454 g/mol. The zero-order valence-corrected chi connectivity index (χ0v) is 20.6. The number of nitrogens with zero attached hydrogens (tertiary/aromatic N) is 1. The number of hydrogen-bond donors (Lipinski definition) is 1. The number of carbonyl (C=O) groups is 2. The van der Waals surface area contributed by atoms with Crippen LogP contribution < -0.4 is 14.8 Å². The Labute approximate surface area is 198 Å². The van der Waals surface area contributed by atoms with Crippen molar-refractivity contribution in [2.75, 3.05) is 19.8 Å². The SMILES string of the molecule is CCOc1ccc(CCC(=O)N(CCc2ccccc2)C(C)C(=O)NC(C)C)cc1OCC. The van der Waals surface area contributed by atoms with Gasteiger partial charge in [-0.3, -0.25) is 9.59 Å². The summed E-state index contributed by atoms with van der Waals surface area (Å²) in [5.41, 5.74) is 2.14. The molecule has 6 nitrogen and oxygen atoms in total. The van der Waals surface area contributed by atoms with Gasteiger partial charge in [0.25, 0.3) is 0 Å². The molecule has 0 spiro atoms. The summed E-state index contributed by atoms with van der Waals surface area (Å²) < 4.78 is 11.3. The van der Waals surface area contributed by atoms with Gasteiger partial charge in [-0.2, -0.15) is 0 Å². The molecule has 0 aliphatic rings. The molecule has 0 aliphatic heterocycles. The summed E-state index contributed by atoms with van der Waals surface area (Å²) in [5, 5.41) is 2.93. The molecule has 33 heavy (non-hydrogen) atoms. The predicted octanol–water partition coefficient (Wildman–Crippen LogP) is 4.40. The summed E-state index contributed by atoms with van der Waals surface area (Å²) in [6.07, 6.45) is 1.57. The van der Waals surface area contributed by atoms with Gasteiger partial charge in [0.1, 0.15) is 6.04 Å². The summed E-state index contributed by atoms with van der Waals surface area (Å²) in [5.74, 6) is 1.23. The lowest BCUT2D eigenvalue weighted by atomic mass is 10.1. The summed E-state index contributed by atoms with van der Waals surface area (Å²) in [4.78, 5) is 27.6. The van der Waals surface area contributed by atoms with E-state index in [1.165, 1.54) is 0 Å². The van der Waals surface area contributed by atoms with Gasteiger partial charge in [-0.05, 0) is 70.7 Å². The lowest BCUT2D eigenvalue weighted by molar-refractivity contribution is -0.140. The Hall–Kier alpha value is -3.02. The van der Waals surface area contributed by atoms with Crippen molar-refractivity contribution >= 4 is 11.8 Å². The number of benzene rings is 2. The van der Waals surface area contributed by atoms with Crippen LogP contribution in [-0.2, 0) is 22.4 Å². The maximum atomic E-state index is 13.2. The fourth-order valence-electron chi connectivity index (χ4n) is 3.62. The van der Waals surface area contributed by atoms with E-state index >= 15 is 0 Å². The van der Waals surface area contributed by atoms with Crippen LogP contribution in [0.4, 0.5) is 0 Å². The van der Waals surface area contributed by atoms with Crippen molar-refractivity contribution in [1.29, 1.82) is 0 Å². The van der Waals surface area contributed by atoms with Crippen molar-refractivity contribution in [2.24, 2.45) is 0 Å². The highest BCUT2D eigenvalue weighted by molar-refractivity contribution is 5.87. The van der Waals surface area contributed by atoms with E-state index in [2.05, 4.69) is 5.32 Å². The third kappa shape index (κ3) is 8.44. The first-order valence-corrected chi connectivity index (χ1v) is 11.9. The fourth-order valence-corrected chi connectivity index (χ4v) is 3.62. The molecule has 6 heteroatoms. The van der Waals surface area contributed by atoms with Crippen LogP contribution in [-0.4, -0.2) is 48.6 Å². The second kappa shape index (κ2) is 13.5. The molecule has 1 unspecified atom stereocenters. The molecule has 2 aromatic rings. The van der Waals surface area contributed by atoms with Crippen molar-refractivity contribution < 1.29 is 19.1 Å². The summed E-state index contributed by atoms with van der Waals surface area (Å²) in [7, 11) is 0. The molecule has 2 aromatic carbocycles. The van der Waals surface area contributed by atoms with Gasteiger partial charge in [-0.25, -0.2) is 0 Å². The van der Waals surface area contributed by atoms with Crippen LogP contribution in [0.1, 0.15) is 52.2 Å². The van der Waals surface area contributed by atoms with Gasteiger partial charge >= 0.3 is 0 Å². The van der Waals surface area contributed by atoms with Crippen molar-refractivity contribution in [2.45, 2.75) is 66.0 Å². The molecule has 0 fully saturated rings. The smallest absolute Gasteiger partial charge is 0.242 e. The van der Waals surface area contributed by atoms with Crippen LogP contribution in [0.2, 0.25) is 0 Å². The van der Waals surface area contributed by atoms with Gasteiger partial charge < -0.3 is 19.7 Å². The number of nitrogens with one attached hydrogen (secondary N) is 1. The van der Waals surface area contributed by atoms with E-state index in [1.54, 1.807) is 11.8 Å². The van der Waals surface area contributed by atoms with Gasteiger partial charge in [0.15, 0.2) is 11.5 Å². The van der Waals surface area contributed by atoms with Crippen LogP contribution in [0.15, 0.2) is 48.5 Å². The van der Waals surface area contributed by atoms with Crippen molar-refractivity contribution in [1.82, 2.24) is 10.2 Å². The quantitative estimate of drug-likeness (QED) is 0.487. The maximum absolute atomic E-state index is 13.2. The van der Waals surface area contributed by atoms with Gasteiger partial charge in [-0.1, -0.05) is 36.4 Å². The molecule has 180 valence electrons. The second-order valence-electron chi connectivity index (χ2n) is 8.31. The Kier molecular flexibility index (Phi) is 10.7. The van der Waals surface area contributed by atoms with Gasteiger partial charge in [0.05, 0.1) is 13.2 Å². The van der Waals surface area contributed by atoms with Crippen LogP contribution in [0.3, 0.4) is 0 Å². The van der Waals surface area contributed by atoms with E-state index in [4.69, 9.17) is 9.47 Å². The molecule has 0 aliphatic carbocycles. The number of carbonyl (C=O) groups excluding carboxylic acids is 2. The average molecular weight is 455 g/mol. The topological polar surface area (TPSA) is 67.9 Å². The van der Waals surface area contributed by atoms with E-state index in [9.17, 15) is 9.59 Å². The lowest BCUT2D eigenvalue weighted by Crippen LogP contribution is -2.50. The van der Waals surface area contributed by atoms with Crippen LogP contribution in [0.5, 0.6) is 11.5 Å². The van der Waals surface area contributed by atoms with Crippen molar-refractivity contribution in [3.8, 4) is 11.5 Å². The predicted molar refractivity (Wildman–Crippen MR) is 132 cm³/mol. The van der Waals surface area contributed by atoms with Gasteiger partial charge in [0, 0.05) is 19.0 Å². The minimum absolute atomic E-state index is 0.0202. The van der Waals surface area contributed by atoms with E-state index < -0.39 is 6.04 Å². The average Bonchev–Trinajstić information content (AvgIpc) is 2.79. The van der Waals surface area contributed by atoms with E-state index in [-0.39, 0.29) is 17.9 Å². The molecular weight excluding hydrogens is 416 g/mol. The summed E-state index contributed by atoms with van der Waals surface area (Å²) in [6, 6.07) is 15.3. The fraction of sp³-hybridized carbons (Fsp3) is 0.481. The minimum atomic E-state index is -0.539. The van der Waals surface area contributed by atoms with Gasteiger partial charge in [-0.15, -0.1) is 0 Å². The molecular formula is C27H38N2O4. The number of ether oxygens (including phenoxy) is 2. The highest BCUT2D eigenvalue weighted by Crippen LogP contribution is 2.29. The highest BCUT2D eigenvalue weighted by Gasteiger charge is 2.26. The second-order valence-corrected chi connectivity index (χ2v) is 8.31. The number of hydrogen-bond acceptors (Lipinski definition) is 4. The van der Waals surface area contributed by atoms with Gasteiger partial charge in [0.2, 0.25) is 11.8 Å². The third-order valence-corrected chi connectivity index (χ3v) is 5.32. The Morgan fingerprint density at radius 3 is 2.18 bits per heavy atom. The standard InChI is InChI=1S/C27H38N2O4/c1-6-32-24-15-13-23(19-25(24)33-7-2)14-16-26(30)29(21(5)27(31)28-20(3)4)18-17-22-11-9-8-10-12-22/h8-13,15,19-21H,6-7,14,16-18H2,1-5H3,(H,28,31). The number of amides is 2. The molecule has 0 saturated heterocycles. The number of rotatable bonds is 13. The van der Waals surface area contributed by atoms with Crippen LogP contribution in [0.25, 0.3) is 0 Å². The van der Waals surface area contributed by atoms with E-state index in [1.807, 2.05) is 76.2 Å². The first-order valence-electron chi connectivity index (χ1n) is 11.9. The molecule has 0 bridgehead atoms. The van der Waals surface area contributed by atoms with Crippen LogP contribution in [0, 0.1) is 0 Å². The zero-order valence-electron chi connectivity index (χ0n) is 20.6. The van der Waals surface area contributed by atoms with Crippen LogP contribution >= 0.6 is 0 Å². The Bertz CT molecular complexity index is 883. The lowest BCUT2D eigenvalue weighted by Gasteiger charge is -2.29. The first kappa shape index (κ1) is 26.2. The Morgan fingerprint density at radius 2 is 1.55 bits per heavy atom. The molecule has 2 rings (SSSR count). The van der Waals surface area contributed by atoms with E-state index in [0.717, 1.165) is 11.1 Å². The molecule has 0 aromatic heterocycles. The molecule has 0 saturated carbocycles. The normalized spacial score (nSPS) is 11.7. The molecule has 2 amide bonds. The Morgan fingerprint density at radius 1 is 0.879 bits per heavy atom. The summed E-state index contributed by atoms with van der Waals surface area (Å²) in [6.45, 7) is 11.1. The Balaban J connectivity index is 2.11. The van der Waals surface area contributed by atoms with E-state index in [0.29, 0.717) is 50.5 Å². The van der Waals surface area contributed by atoms with Crippen molar-refractivity contribution in [3.05, 3.63) is 59.7 Å². The molecule has 1 N–H and O–H groups in total. The molecule has 0 heterocycles. The highest BCUT2D eigenvalue weighted by atomic mass is 16.5. The van der Waals surface area contributed by atoms with Crippen molar-refractivity contribution in [3.63, 3.8) is 0 Å². The molecule has 1 atom stereocenters. The number of aryl methyl sites for hydroxylation is 1. The molecule has 0 radical (unpaired) electrons. The summed E-state index contributed by atoms with van der Waals surface area (Å²) >= 11 is 0. The third-order valence-electron chi connectivity index (χ3n) is 5.32.